The monoisotopic (exact) mass is 215 g/mol. The van der Waals surface area contributed by atoms with E-state index in [9.17, 15) is 4.21 Å². The molecule has 1 unspecified atom stereocenters. The molecule has 0 aliphatic heterocycles. The highest BCUT2D eigenvalue weighted by Gasteiger charge is 2.10. The number of hydrogen-bond donors (Lipinski definition) is 1. The van der Waals surface area contributed by atoms with E-state index in [1.807, 2.05) is 0 Å². The van der Waals surface area contributed by atoms with Crippen molar-refractivity contribution in [2.24, 2.45) is 0 Å². The molecule has 0 fully saturated rings. The van der Waals surface area contributed by atoms with Crippen molar-refractivity contribution in [1.82, 2.24) is 18.7 Å². The van der Waals surface area contributed by atoms with E-state index in [4.69, 9.17) is 5.73 Å². The Morgan fingerprint density at radius 3 is 2.85 bits per heavy atom. The number of fused-ring (bicyclic) bond motifs is 1. The van der Waals surface area contributed by atoms with Gasteiger partial charge < -0.3 is 5.73 Å². The van der Waals surface area contributed by atoms with E-state index >= 15 is 0 Å². The molecule has 0 amide bonds. The molecule has 1 atom stereocenters. The molecular formula is C5H5N5OS2. The van der Waals surface area contributed by atoms with Crippen LogP contribution in [0.4, 0.5) is 5.82 Å². The van der Waals surface area contributed by atoms with Crippen LogP contribution in [0, 0.1) is 0 Å². The minimum atomic E-state index is -1.24. The number of nitrogens with zero attached hydrogens (tertiary/aromatic N) is 4. The van der Waals surface area contributed by atoms with Crippen LogP contribution in [0.15, 0.2) is 5.16 Å². The van der Waals surface area contributed by atoms with Gasteiger partial charge in [0.1, 0.15) is 0 Å². The Labute approximate surface area is 80.0 Å². The van der Waals surface area contributed by atoms with Crippen LogP contribution in [-0.2, 0) is 10.8 Å². The second-order valence-corrected chi connectivity index (χ2v) is 4.08. The summed E-state index contributed by atoms with van der Waals surface area (Å²) in [7, 11) is -1.24. The van der Waals surface area contributed by atoms with Gasteiger partial charge in [0.05, 0.1) is 22.5 Å². The summed E-state index contributed by atoms with van der Waals surface area (Å²) in [5.74, 6) is 0.226. The first-order chi connectivity index (χ1) is 6.18. The Morgan fingerprint density at radius 1 is 1.38 bits per heavy atom. The molecule has 2 aromatic rings. The third-order valence-corrected chi connectivity index (χ3v) is 2.60. The average molecular weight is 215 g/mol. The van der Waals surface area contributed by atoms with Crippen LogP contribution >= 0.6 is 11.7 Å². The van der Waals surface area contributed by atoms with Crippen LogP contribution in [0.25, 0.3) is 11.2 Å². The number of rotatable bonds is 1. The molecule has 2 N–H and O–H groups in total. The predicted octanol–water partition coefficient (Wildman–Crippen LogP) is -0.199. The molecule has 0 saturated heterocycles. The van der Waals surface area contributed by atoms with E-state index in [0.717, 1.165) is 11.7 Å². The van der Waals surface area contributed by atoms with E-state index < -0.39 is 10.8 Å². The molecule has 68 valence electrons. The Balaban J connectivity index is 2.77. The summed E-state index contributed by atoms with van der Waals surface area (Å²) >= 11 is 1.01. The lowest BCUT2D eigenvalue weighted by atomic mass is 10.5. The third-order valence-electron chi connectivity index (χ3n) is 1.39. The molecule has 0 bridgehead atoms. The fourth-order valence-corrected chi connectivity index (χ4v) is 1.76. The summed E-state index contributed by atoms with van der Waals surface area (Å²) in [4.78, 5) is 7.78. The summed E-state index contributed by atoms with van der Waals surface area (Å²) in [6.07, 6.45) is 1.49. The van der Waals surface area contributed by atoms with E-state index in [-0.39, 0.29) is 11.0 Å². The number of nitrogen functional groups attached to an aromatic ring is 1. The van der Waals surface area contributed by atoms with Crippen LogP contribution in [0.3, 0.4) is 0 Å². The molecule has 2 rings (SSSR count). The van der Waals surface area contributed by atoms with Crippen molar-refractivity contribution >= 4 is 39.5 Å². The molecular weight excluding hydrogens is 210 g/mol. The summed E-state index contributed by atoms with van der Waals surface area (Å²) < 4.78 is 18.8. The van der Waals surface area contributed by atoms with Crippen LogP contribution in [-0.4, -0.2) is 29.2 Å². The van der Waals surface area contributed by atoms with Gasteiger partial charge in [-0.3, -0.25) is 4.21 Å². The van der Waals surface area contributed by atoms with Gasteiger partial charge in [0.2, 0.25) is 5.16 Å². The summed E-state index contributed by atoms with van der Waals surface area (Å²) in [5.41, 5.74) is 6.43. The molecule has 0 radical (unpaired) electrons. The first kappa shape index (κ1) is 8.45. The molecule has 2 aromatic heterocycles. The van der Waals surface area contributed by atoms with Gasteiger partial charge in [0.15, 0.2) is 17.0 Å². The number of hydrogen-bond acceptors (Lipinski definition) is 7. The lowest BCUT2D eigenvalue weighted by molar-refractivity contribution is 0.680. The lowest BCUT2D eigenvalue weighted by Gasteiger charge is -1.95. The van der Waals surface area contributed by atoms with Crippen LogP contribution in [0.5, 0.6) is 0 Å². The Morgan fingerprint density at radius 2 is 2.15 bits per heavy atom. The van der Waals surface area contributed by atoms with Crippen molar-refractivity contribution in [2.45, 2.75) is 5.16 Å². The number of nitrogens with two attached hydrogens (primary N) is 1. The Hall–Kier alpha value is -1.15. The van der Waals surface area contributed by atoms with Crippen LogP contribution < -0.4 is 5.73 Å². The highest BCUT2D eigenvalue weighted by Crippen LogP contribution is 2.15. The first-order valence-corrected chi connectivity index (χ1v) is 5.56. The fraction of sp³-hybridized carbons (Fsp3) is 0.200. The molecule has 0 aliphatic rings. The van der Waals surface area contributed by atoms with Crippen molar-refractivity contribution in [1.29, 1.82) is 0 Å². The summed E-state index contributed by atoms with van der Waals surface area (Å²) in [6, 6.07) is 0. The van der Waals surface area contributed by atoms with Gasteiger partial charge >= 0.3 is 0 Å². The van der Waals surface area contributed by atoms with Gasteiger partial charge in [0.25, 0.3) is 0 Å². The maximum Gasteiger partial charge on any atom is 0.222 e. The maximum atomic E-state index is 11.0. The maximum absolute atomic E-state index is 11.0. The van der Waals surface area contributed by atoms with Crippen molar-refractivity contribution in [3.05, 3.63) is 0 Å². The van der Waals surface area contributed by atoms with E-state index in [1.54, 1.807) is 0 Å². The molecule has 2 heterocycles. The van der Waals surface area contributed by atoms with Gasteiger partial charge in [-0.1, -0.05) is 0 Å². The van der Waals surface area contributed by atoms with Gasteiger partial charge in [-0.2, -0.15) is 13.7 Å². The zero-order valence-corrected chi connectivity index (χ0v) is 8.22. The third kappa shape index (κ3) is 1.38. The minimum absolute atomic E-state index is 0.192. The topological polar surface area (TPSA) is 94.7 Å². The number of anilines is 1. The SMILES string of the molecule is CS(=O)c1nc(N)c2nsnc2n1. The zero-order valence-electron chi connectivity index (χ0n) is 6.59. The van der Waals surface area contributed by atoms with Gasteiger partial charge in [-0.05, 0) is 0 Å². The van der Waals surface area contributed by atoms with Gasteiger partial charge in [-0.25, -0.2) is 4.98 Å². The van der Waals surface area contributed by atoms with Crippen molar-refractivity contribution in [3.63, 3.8) is 0 Å². The molecule has 6 nitrogen and oxygen atoms in total. The summed E-state index contributed by atoms with van der Waals surface area (Å²) in [6.45, 7) is 0. The Bertz CT molecular complexity index is 481. The average Bonchev–Trinajstić information content (AvgIpc) is 2.51. The van der Waals surface area contributed by atoms with Crippen LogP contribution in [0.2, 0.25) is 0 Å². The standard InChI is InChI=1S/C5H5N5OS2/c1-13(11)5-7-3(6)2-4(8-5)10-12-9-2/h1H3,(H2,6,7,8,10). The first-order valence-electron chi connectivity index (χ1n) is 3.27. The van der Waals surface area contributed by atoms with Crippen molar-refractivity contribution < 1.29 is 4.21 Å². The van der Waals surface area contributed by atoms with Crippen LogP contribution in [0.1, 0.15) is 0 Å². The largest absolute Gasteiger partial charge is 0.382 e. The minimum Gasteiger partial charge on any atom is -0.382 e. The van der Waals surface area contributed by atoms with E-state index in [2.05, 4.69) is 18.7 Å². The van der Waals surface area contributed by atoms with Gasteiger partial charge in [0, 0.05) is 6.26 Å². The van der Waals surface area contributed by atoms with Gasteiger partial charge in [-0.15, -0.1) is 0 Å². The highest BCUT2D eigenvalue weighted by molar-refractivity contribution is 7.84. The quantitative estimate of drug-likeness (QED) is 0.662. The molecule has 0 aromatic carbocycles. The smallest absolute Gasteiger partial charge is 0.222 e. The molecule has 0 aliphatic carbocycles. The number of aromatic nitrogens is 4. The second kappa shape index (κ2) is 2.96. The molecule has 0 saturated carbocycles. The normalized spacial score (nSPS) is 13.3. The zero-order chi connectivity index (χ0) is 9.42. The van der Waals surface area contributed by atoms with E-state index in [0.29, 0.717) is 11.2 Å². The van der Waals surface area contributed by atoms with Crippen molar-refractivity contribution in [3.8, 4) is 0 Å². The second-order valence-electron chi connectivity index (χ2n) is 2.28. The summed E-state index contributed by atoms with van der Waals surface area (Å²) in [5, 5.41) is 0.192. The molecule has 0 spiro atoms. The molecule has 13 heavy (non-hydrogen) atoms. The Kier molecular flexibility index (Phi) is 1.93. The van der Waals surface area contributed by atoms with E-state index in [1.165, 1.54) is 6.26 Å². The highest BCUT2D eigenvalue weighted by atomic mass is 32.2. The molecule has 8 heteroatoms. The lowest BCUT2D eigenvalue weighted by Crippen LogP contribution is -2.01. The predicted molar refractivity (Wildman–Crippen MR) is 49.7 cm³/mol. The fourth-order valence-electron chi connectivity index (χ4n) is 0.819. The van der Waals surface area contributed by atoms with Crippen molar-refractivity contribution in [2.75, 3.05) is 12.0 Å².